The van der Waals surface area contributed by atoms with Crippen LogP contribution in [0.5, 0.6) is 6.01 Å². The van der Waals surface area contributed by atoms with Crippen LogP contribution in [0.4, 0.5) is 0 Å². The number of rotatable bonds is 4. The largest absolute Gasteiger partial charge is 0.461 e. The van der Waals surface area contributed by atoms with Gasteiger partial charge in [0.05, 0.1) is 0 Å². The Bertz CT molecular complexity index is 409. The summed E-state index contributed by atoms with van der Waals surface area (Å²) in [5.41, 5.74) is 6.53. The van der Waals surface area contributed by atoms with E-state index < -0.39 is 5.54 Å². The second-order valence-corrected chi connectivity index (χ2v) is 4.09. The SMILES string of the molecule is CCC(C)(N)COc1nc(C)cc(C#N)n1. The molecule has 0 fully saturated rings. The molecule has 1 unspecified atom stereocenters. The van der Waals surface area contributed by atoms with Crippen LogP contribution < -0.4 is 10.5 Å². The molecule has 1 aromatic heterocycles. The van der Waals surface area contributed by atoms with Crippen LogP contribution in [0.1, 0.15) is 31.7 Å². The average Bonchev–Trinajstić information content (AvgIpc) is 2.26. The third kappa shape index (κ3) is 3.48. The number of aryl methyl sites for hydroxylation is 1. The Morgan fingerprint density at radius 1 is 1.56 bits per heavy atom. The molecule has 0 radical (unpaired) electrons. The lowest BCUT2D eigenvalue weighted by Gasteiger charge is -2.21. The zero-order valence-corrected chi connectivity index (χ0v) is 9.82. The first kappa shape index (κ1) is 12.4. The number of hydrogen-bond donors (Lipinski definition) is 1. The monoisotopic (exact) mass is 220 g/mol. The van der Waals surface area contributed by atoms with Crippen molar-refractivity contribution in [2.75, 3.05) is 6.61 Å². The topological polar surface area (TPSA) is 84.8 Å². The lowest BCUT2D eigenvalue weighted by Crippen LogP contribution is -2.41. The van der Waals surface area contributed by atoms with E-state index in [9.17, 15) is 0 Å². The number of nitriles is 1. The van der Waals surface area contributed by atoms with Crippen molar-refractivity contribution in [2.45, 2.75) is 32.7 Å². The van der Waals surface area contributed by atoms with Crippen LogP contribution in [0.2, 0.25) is 0 Å². The molecular weight excluding hydrogens is 204 g/mol. The maximum atomic E-state index is 8.74. The van der Waals surface area contributed by atoms with Crippen LogP contribution in [0.3, 0.4) is 0 Å². The molecule has 2 N–H and O–H groups in total. The zero-order chi connectivity index (χ0) is 12.2. The Morgan fingerprint density at radius 3 is 2.81 bits per heavy atom. The van der Waals surface area contributed by atoms with E-state index in [4.69, 9.17) is 15.7 Å². The van der Waals surface area contributed by atoms with Gasteiger partial charge in [0.15, 0.2) is 0 Å². The van der Waals surface area contributed by atoms with Crippen molar-refractivity contribution in [2.24, 2.45) is 5.73 Å². The van der Waals surface area contributed by atoms with Gasteiger partial charge in [0.25, 0.3) is 0 Å². The van der Waals surface area contributed by atoms with Crippen molar-refractivity contribution >= 4 is 0 Å². The van der Waals surface area contributed by atoms with Gasteiger partial charge in [-0.25, -0.2) is 4.98 Å². The van der Waals surface area contributed by atoms with Crippen molar-refractivity contribution in [3.8, 4) is 12.1 Å². The Labute approximate surface area is 95.3 Å². The van der Waals surface area contributed by atoms with E-state index in [0.717, 1.165) is 6.42 Å². The van der Waals surface area contributed by atoms with Crippen LogP contribution in [0, 0.1) is 18.3 Å². The van der Waals surface area contributed by atoms with Crippen LogP contribution in [0.25, 0.3) is 0 Å². The Morgan fingerprint density at radius 2 is 2.25 bits per heavy atom. The lowest BCUT2D eigenvalue weighted by molar-refractivity contribution is 0.210. The molecule has 1 heterocycles. The predicted molar refractivity (Wildman–Crippen MR) is 59.9 cm³/mol. The average molecular weight is 220 g/mol. The van der Waals surface area contributed by atoms with Gasteiger partial charge in [-0.15, -0.1) is 0 Å². The van der Waals surface area contributed by atoms with E-state index in [2.05, 4.69) is 9.97 Å². The second kappa shape index (κ2) is 4.90. The normalized spacial score (nSPS) is 13.9. The number of ether oxygens (including phenoxy) is 1. The Hall–Kier alpha value is -1.67. The summed E-state index contributed by atoms with van der Waals surface area (Å²) in [6.07, 6.45) is 0.796. The summed E-state index contributed by atoms with van der Waals surface area (Å²) in [6.45, 7) is 6.00. The molecule has 0 aliphatic heterocycles. The van der Waals surface area contributed by atoms with Crippen LogP contribution in [-0.4, -0.2) is 22.1 Å². The summed E-state index contributed by atoms with van der Waals surface area (Å²) in [5, 5.41) is 8.74. The van der Waals surface area contributed by atoms with Crippen LogP contribution >= 0.6 is 0 Å². The van der Waals surface area contributed by atoms with E-state index in [0.29, 0.717) is 18.0 Å². The Balaban J connectivity index is 2.75. The summed E-state index contributed by atoms with van der Waals surface area (Å²) >= 11 is 0. The van der Waals surface area contributed by atoms with Gasteiger partial charge in [0, 0.05) is 11.2 Å². The molecule has 0 spiro atoms. The fourth-order valence-corrected chi connectivity index (χ4v) is 0.995. The van der Waals surface area contributed by atoms with Crippen LogP contribution in [-0.2, 0) is 0 Å². The molecule has 16 heavy (non-hydrogen) atoms. The quantitative estimate of drug-likeness (QED) is 0.823. The fourth-order valence-electron chi connectivity index (χ4n) is 0.995. The standard InChI is InChI=1S/C11H16N4O/c1-4-11(3,13)7-16-10-14-8(2)5-9(6-12)15-10/h5H,4,7,13H2,1-3H3. The van der Waals surface area contributed by atoms with Crippen molar-refractivity contribution < 1.29 is 4.74 Å². The van der Waals surface area contributed by atoms with Gasteiger partial charge in [-0.3, -0.25) is 0 Å². The van der Waals surface area contributed by atoms with Crippen molar-refractivity contribution in [3.63, 3.8) is 0 Å². The molecular formula is C11H16N4O. The summed E-state index contributed by atoms with van der Waals surface area (Å²) in [7, 11) is 0. The first-order valence-corrected chi connectivity index (χ1v) is 5.14. The molecule has 5 nitrogen and oxygen atoms in total. The summed E-state index contributed by atoms with van der Waals surface area (Å²) in [5.74, 6) is 0. The minimum Gasteiger partial charge on any atom is -0.461 e. The van der Waals surface area contributed by atoms with Gasteiger partial charge in [-0.2, -0.15) is 10.2 Å². The Kier molecular flexibility index (Phi) is 3.80. The third-order valence-electron chi connectivity index (χ3n) is 2.29. The lowest BCUT2D eigenvalue weighted by atomic mass is 10.0. The predicted octanol–water partition coefficient (Wildman–Crippen LogP) is 1.16. The van der Waals surface area contributed by atoms with Crippen molar-refractivity contribution in [3.05, 3.63) is 17.5 Å². The van der Waals surface area contributed by atoms with E-state index in [1.807, 2.05) is 19.9 Å². The minimum absolute atomic E-state index is 0.210. The highest BCUT2D eigenvalue weighted by Gasteiger charge is 2.17. The molecule has 1 rings (SSSR count). The van der Waals surface area contributed by atoms with Gasteiger partial charge < -0.3 is 10.5 Å². The molecule has 0 saturated carbocycles. The van der Waals surface area contributed by atoms with E-state index >= 15 is 0 Å². The van der Waals surface area contributed by atoms with Gasteiger partial charge in [-0.05, 0) is 26.3 Å². The van der Waals surface area contributed by atoms with Gasteiger partial charge >= 0.3 is 6.01 Å². The maximum absolute atomic E-state index is 8.74. The smallest absolute Gasteiger partial charge is 0.317 e. The highest BCUT2D eigenvalue weighted by Crippen LogP contribution is 2.10. The number of nitrogens with two attached hydrogens (primary N) is 1. The van der Waals surface area contributed by atoms with E-state index in [-0.39, 0.29) is 6.01 Å². The molecule has 0 bridgehead atoms. The maximum Gasteiger partial charge on any atom is 0.317 e. The molecule has 1 atom stereocenters. The first-order valence-electron chi connectivity index (χ1n) is 5.14. The highest BCUT2D eigenvalue weighted by atomic mass is 16.5. The van der Waals surface area contributed by atoms with Gasteiger partial charge in [0.2, 0.25) is 0 Å². The number of hydrogen-bond acceptors (Lipinski definition) is 5. The second-order valence-electron chi connectivity index (χ2n) is 4.09. The number of aromatic nitrogens is 2. The van der Waals surface area contributed by atoms with Crippen molar-refractivity contribution in [1.29, 1.82) is 5.26 Å². The molecule has 0 saturated heterocycles. The zero-order valence-electron chi connectivity index (χ0n) is 9.82. The van der Waals surface area contributed by atoms with Crippen LogP contribution in [0.15, 0.2) is 6.07 Å². The van der Waals surface area contributed by atoms with Gasteiger partial charge in [0.1, 0.15) is 18.4 Å². The van der Waals surface area contributed by atoms with E-state index in [1.165, 1.54) is 0 Å². The third-order valence-corrected chi connectivity index (χ3v) is 2.29. The van der Waals surface area contributed by atoms with Crippen molar-refractivity contribution in [1.82, 2.24) is 9.97 Å². The molecule has 0 amide bonds. The molecule has 0 aromatic carbocycles. The van der Waals surface area contributed by atoms with E-state index in [1.54, 1.807) is 13.0 Å². The first-order chi connectivity index (χ1) is 7.46. The fraction of sp³-hybridized carbons (Fsp3) is 0.545. The molecule has 1 aromatic rings. The summed E-state index contributed by atoms with van der Waals surface area (Å²) in [6, 6.07) is 3.77. The molecule has 0 aliphatic rings. The molecule has 0 aliphatic carbocycles. The minimum atomic E-state index is -0.403. The van der Waals surface area contributed by atoms with Gasteiger partial charge in [-0.1, -0.05) is 6.92 Å². The highest BCUT2D eigenvalue weighted by molar-refractivity contribution is 5.23. The summed E-state index contributed by atoms with van der Waals surface area (Å²) in [4.78, 5) is 8.02. The molecule has 5 heteroatoms. The summed E-state index contributed by atoms with van der Waals surface area (Å²) < 4.78 is 5.39. The number of nitrogens with zero attached hydrogens (tertiary/aromatic N) is 3. The molecule has 86 valence electrons.